The Kier molecular flexibility index (Phi) is 5.60. The van der Waals surface area contributed by atoms with Crippen LogP contribution in [-0.4, -0.2) is 42.4 Å². The maximum atomic E-state index is 12.0. The molecule has 0 spiro atoms. The molecule has 0 unspecified atom stereocenters. The van der Waals surface area contributed by atoms with Crippen LogP contribution in [0.3, 0.4) is 0 Å². The van der Waals surface area contributed by atoms with Gasteiger partial charge >= 0.3 is 0 Å². The summed E-state index contributed by atoms with van der Waals surface area (Å²) < 4.78 is 6.55. The number of rotatable bonds is 6. The van der Waals surface area contributed by atoms with Crippen molar-refractivity contribution in [3.63, 3.8) is 0 Å². The van der Waals surface area contributed by atoms with E-state index in [1.807, 2.05) is 24.3 Å². The van der Waals surface area contributed by atoms with Crippen molar-refractivity contribution in [2.75, 3.05) is 26.0 Å². The molecule has 1 N–H and O–H groups in total. The molecule has 0 atom stereocenters. The van der Waals surface area contributed by atoms with E-state index in [4.69, 9.17) is 4.74 Å². The fourth-order valence-corrected chi connectivity index (χ4v) is 3.27. The van der Waals surface area contributed by atoms with Gasteiger partial charge in [0.1, 0.15) is 11.6 Å². The van der Waals surface area contributed by atoms with Gasteiger partial charge in [-0.2, -0.15) is 0 Å². The van der Waals surface area contributed by atoms with E-state index >= 15 is 0 Å². The molecule has 0 bridgehead atoms. The molecule has 0 saturated carbocycles. The molecule has 3 aromatic rings. The molecule has 2 aromatic carbocycles. The van der Waals surface area contributed by atoms with E-state index in [0.29, 0.717) is 17.9 Å². The van der Waals surface area contributed by atoms with Crippen molar-refractivity contribution >= 4 is 39.1 Å². The number of amides is 2. The van der Waals surface area contributed by atoms with Gasteiger partial charge in [0.2, 0.25) is 5.91 Å². The van der Waals surface area contributed by atoms with Gasteiger partial charge in [-0.3, -0.25) is 9.59 Å². The topological polar surface area (TPSA) is 71.5 Å². The third-order valence-corrected chi connectivity index (χ3v) is 4.63. The van der Waals surface area contributed by atoms with Crippen molar-refractivity contribution in [2.24, 2.45) is 0 Å². The number of benzene rings is 2. The summed E-state index contributed by atoms with van der Waals surface area (Å²) >= 11 is 1.56. The predicted octanol–water partition coefficient (Wildman–Crippen LogP) is 3.15. The molecular formula is C19H19N3O3S. The highest BCUT2D eigenvalue weighted by Crippen LogP contribution is 2.21. The number of nitrogens with one attached hydrogen (secondary N) is 1. The maximum absolute atomic E-state index is 12.0. The summed E-state index contributed by atoms with van der Waals surface area (Å²) in [6.07, 6.45) is 0. The standard InChI is InChI=1S/C19H19N3O3S/c1-22(2)19(24)13-7-9-14(10-8-13)20-17(23)11-25-12-18-21-15-5-3-4-6-16(15)26-18/h3-10H,11-12H2,1-2H3,(H,20,23). The van der Waals surface area contributed by atoms with Gasteiger partial charge < -0.3 is 15.0 Å². The molecule has 0 aliphatic heterocycles. The van der Waals surface area contributed by atoms with Crippen LogP contribution in [0.5, 0.6) is 0 Å². The lowest BCUT2D eigenvalue weighted by molar-refractivity contribution is -0.121. The average molecular weight is 369 g/mol. The van der Waals surface area contributed by atoms with Crippen LogP contribution in [0.1, 0.15) is 15.4 Å². The van der Waals surface area contributed by atoms with E-state index in [-0.39, 0.29) is 18.4 Å². The van der Waals surface area contributed by atoms with Crippen molar-refractivity contribution < 1.29 is 14.3 Å². The largest absolute Gasteiger partial charge is 0.364 e. The first-order valence-electron chi connectivity index (χ1n) is 8.06. The Balaban J connectivity index is 1.48. The Morgan fingerprint density at radius 1 is 1.12 bits per heavy atom. The number of aromatic nitrogens is 1. The number of nitrogens with zero attached hydrogens (tertiary/aromatic N) is 2. The summed E-state index contributed by atoms with van der Waals surface area (Å²) in [5, 5.41) is 3.58. The summed E-state index contributed by atoms with van der Waals surface area (Å²) in [4.78, 5) is 29.8. The minimum Gasteiger partial charge on any atom is -0.364 e. The minimum atomic E-state index is -0.252. The first-order chi connectivity index (χ1) is 12.5. The predicted molar refractivity (Wildman–Crippen MR) is 102 cm³/mol. The normalized spacial score (nSPS) is 10.7. The van der Waals surface area contributed by atoms with Crippen LogP contribution in [0, 0.1) is 0 Å². The first kappa shape index (κ1) is 18.0. The van der Waals surface area contributed by atoms with E-state index < -0.39 is 0 Å². The van der Waals surface area contributed by atoms with E-state index in [2.05, 4.69) is 10.3 Å². The van der Waals surface area contributed by atoms with Gasteiger partial charge in [0.05, 0.1) is 16.8 Å². The highest BCUT2D eigenvalue weighted by molar-refractivity contribution is 7.18. The number of carbonyl (C=O) groups excluding carboxylic acids is 2. The second-order valence-electron chi connectivity index (χ2n) is 5.89. The SMILES string of the molecule is CN(C)C(=O)c1ccc(NC(=O)COCc2nc3ccccc3s2)cc1. The van der Waals surface area contributed by atoms with E-state index in [1.165, 1.54) is 4.90 Å². The van der Waals surface area contributed by atoms with Gasteiger partial charge in [0.15, 0.2) is 0 Å². The number of hydrogen-bond donors (Lipinski definition) is 1. The number of anilines is 1. The van der Waals surface area contributed by atoms with Crippen LogP contribution in [0.2, 0.25) is 0 Å². The molecule has 3 rings (SSSR count). The summed E-state index contributed by atoms with van der Waals surface area (Å²) in [5.41, 5.74) is 2.13. The molecule has 26 heavy (non-hydrogen) atoms. The van der Waals surface area contributed by atoms with Crippen LogP contribution in [0.25, 0.3) is 10.2 Å². The van der Waals surface area contributed by atoms with Crippen LogP contribution < -0.4 is 5.32 Å². The molecular weight excluding hydrogens is 350 g/mol. The van der Waals surface area contributed by atoms with Crippen LogP contribution in [-0.2, 0) is 16.1 Å². The number of fused-ring (bicyclic) bond motifs is 1. The zero-order valence-corrected chi connectivity index (χ0v) is 15.4. The molecule has 0 aliphatic carbocycles. The average Bonchev–Trinajstić information content (AvgIpc) is 3.04. The Bertz CT molecular complexity index is 886. The van der Waals surface area contributed by atoms with Gasteiger partial charge in [0.25, 0.3) is 5.91 Å². The Morgan fingerprint density at radius 2 is 1.85 bits per heavy atom. The maximum Gasteiger partial charge on any atom is 0.253 e. The van der Waals surface area contributed by atoms with Gasteiger partial charge in [-0.15, -0.1) is 11.3 Å². The molecule has 1 heterocycles. The highest BCUT2D eigenvalue weighted by Gasteiger charge is 2.09. The minimum absolute atomic E-state index is 0.0612. The first-order valence-corrected chi connectivity index (χ1v) is 8.88. The molecule has 1 aromatic heterocycles. The molecule has 0 saturated heterocycles. The summed E-state index contributed by atoms with van der Waals surface area (Å²) in [7, 11) is 3.39. The summed E-state index contributed by atoms with van der Waals surface area (Å²) in [5.74, 6) is -0.333. The fourth-order valence-electron chi connectivity index (χ4n) is 2.36. The number of para-hydroxylation sites is 1. The highest BCUT2D eigenvalue weighted by atomic mass is 32.1. The lowest BCUT2D eigenvalue weighted by Crippen LogP contribution is -2.22. The second-order valence-corrected chi connectivity index (χ2v) is 7.01. The van der Waals surface area contributed by atoms with Crippen LogP contribution in [0.15, 0.2) is 48.5 Å². The molecule has 0 radical (unpaired) electrons. The third kappa shape index (κ3) is 4.44. The zero-order chi connectivity index (χ0) is 18.5. The number of carbonyl (C=O) groups is 2. The molecule has 2 amide bonds. The van der Waals surface area contributed by atoms with Crippen molar-refractivity contribution in [1.29, 1.82) is 0 Å². The molecule has 6 nitrogen and oxygen atoms in total. The summed E-state index contributed by atoms with van der Waals surface area (Å²) in [6, 6.07) is 14.6. The van der Waals surface area contributed by atoms with Crippen LogP contribution >= 0.6 is 11.3 Å². The van der Waals surface area contributed by atoms with Crippen LogP contribution in [0.4, 0.5) is 5.69 Å². The monoisotopic (exact) mass is 369 g/mol. The number of ether oxygens (including phenoxy) is 1. The lowest BCUT2D eigenvalue weighted by atomic mass is 10.2. The Labute approximate surface area is 155 Å². The second kappa shape index (κ2) is 8.07. The quantitative estimate of drug-likeness (QED) is 0.724. The smallest absolute Gasteiger partial charge is 0.253 e. The summed E-state index contributed by atoms with van der Waals surface area (Å²) in [6.45, 7) is 0.233. The van der Waals surface area contributed by atoms with E-state index in [1.54, 1.807) is 49.7 Å². The Hall–Kier alpha value is -2.77. The van der Waals surface area contributed by atoms with Crippen molar-refractivity contribution in [3.05, 3.63) is 59.1 Å². The number of hydrogen-bond acceptors (Lipinski definition) is 5. The zero-order valence-electron chi connectivity index (χ0n) is 14.6. The van der Waals surface area contributed by atoms with Gasteiger partial charge in [-0.25, -0.2) is 4.98 Å². The molecule has 0 aliphatic rings. The van der Waals surface area contributed by atoms with E-state index in [0.717, 1.165) is 15.2 Å². The van der Waals surface area contributed by atoms with Crippen molar-refractivity contribution in [1.82, 2.24) is 9.88 Å². The van der Waals surface area contributed by atoms with Gasteiger partial charge in [0, 0.05) is 25.3 Å². The Morgan fingerprint density at radius 3 is 2.54 bits per heavy atom. The van der Waals surface area contributed by atoms with Crippen molar-refractivity contribution in [3.8, 4) is 0 Å². The van der Waals surface area contributed by atoms with Gasteiger partial charge in [-0.1, -0.05) is 12.1 Å². The molecule has 134 valence electrons. The molecule has 7 heteroatoms. The van der Waals surface area contributed by atoms with E-state index in [9.17, 15) is 9.59 Å². The third-order valence-electron chi connectivity index (χ3n) is 3.62. The fraction of sp³-hybridized carbons (Fsp3) is 0.211. The van der Waals surface area contributed by atoms with Crippen molar-refractivity contribution in [2.45, 2.75) is 6.61 Å². The molecule has 0 fully saturated rings. The number of thiazole rings is 1. The lowest BCUT2D eigenvalue weighted by Gasteiger charge is -2.11. The van der Waals surface area contributed by atoms with Gasteiger partial charge in [-0.05, 0) is 36.4 Å².